The summed E-state index contributed by atoms with van der Waals surface area (Å²) >= 11 is 0. The molecule has 0 aromatic rings. The van der Waals surface area contributed by atoms with E-state index in [1.54, 1.807) is 0 Å². The van der Waals surface area contributed by atoms with Gasteiger partial charge in [0.25, 0.3) is 5.79 Å². The van der Waals surface area contributed by atoms with Crippen LogP contribution in [0.25, 0.3) is 0 Å². The summed E-state index contributed by atoms with van der Waals surface area (Å²) in [6.45, 7) is 2.19. The highest BCUT2D eigenvalue weighted by Gasteiger charge is 2.60. The van der Waals surface area contributed by atoms with Crippen molar-refractivity contribution in [2.24, 2.45) is 0 Å². The van der Waals surface area contributed by atoms with Gasteiger partial charge in [0, 0.05) is 19.8 Å². The predicted octanol–water partition coefficient (Wildman–Crippen LogP) is 6.12. The highest BCUT2D eigenvalue weighted by atomic mass is 16.8. The van der Waals surface area contributed by atoms with Gasteiger partial charge in [-0.05, 0) is 12.8 Å². The van der Waals surface area contributed by atoms with Crippen molar-refractivity contribution in [3.63, 3.8) is 0 Å². The van der Waals surface area contributed by atoms with Gasteiger partial charge in [0.2, 0.25) is 11.8 Å². The number of rotatable bonds is 53. The van der Waals surface area contributed by atoms with Gasteiger partial charge in [-0.2, -0.15) is 0 Å². The third-order valence-corrected chi connectivity index (χ3v) is 18.1. The average Bonchev–Trinajstić information content (AvgIpc) is 1.04. The average molecular weight is 1280 g/mol. The summed E-state index contributed by atoms with van der Waals surface area (Å²) in [6.07, 6.45) is 14.3. The first-order chi connectivity index (χ1) is 42.9. The molecule has 0 spiro atoms. The van der Waals surface area contributed by atoms with Gasteiger partial charge in [-0.25, -0.2) is 4.79 Å². The van der Waals surface area contributed by atoms with Gasteiger partial charge < -0.3 is 100 Å². The Labute approximate surface area is 531 Å². The third-order valence-electron chi connectivity index (χ3n) is 18.1. The Balaban J connectivity index is 1.52. The zero-order chi connectivity index (χ0) is 65.4. The van der Waals surface area contributed by atoms with Crippen molar-refractivity contribution in [3.05, 3.63) is 0 Å². The summed E-state index contributed by atoms with van der Waals surface area (Å²) in [5.74, 6) is -6.09. The van der Waals surface area contributed by atoms with Crippen molar-refractivity contribution in [3.8, 4) is 0 Å². The summed E-state index contributed by atoms with van der Waals surface area (Å²) in [6, 6.07) is -2.52. The Morgan fingerprint density at radius 3 is 1.40 bits per heavy atom. The van der Waals surface area contributed by atoms with Gasteiger partial charge in [-0.3, -0.25) is 9.59 Å². The van der Waals surface area contributed by atoms with Crippen molar-refractivity contribution in [1.82, 2.24) is 10.6 Å². The number of hydrogen-bond donors (Lipinski definition) is 14. The molecule has 0 bridgehead atoms. The number of nitrogens with one attached hydrogen (secondary N) is 2. The highest BCUT2D eigenvalue weighted by molar-refractivity contribution is 5.77. The Bertz CT molecular complexity index is 1810. The van der Waals surface area contributed by atoms with Crippen LogP contribution < -0.4 is 10.6 Å². The fourth-order valence-corrected chi connectivity index (χ4v) is 12.5. The summed E-state index contributed by atoms with van der Waals surface area (Å²) in [4.78, 5) is 38.5. The molecule has 3 aliphatic heterocycles. The van der Waals surface area contributed by atoms with Crippen LogP contribution in [0.2, 0.25) is 0 Å². The second-order valence-corrected chi connectivity index (χ2v) is 25.8. The second-order valence-electron chi connectivity index (χ2n) is 25.8. The molecule has 23 nitrogen and oxygen atoms in total. The third kappa shape index (κ3) is 30.3. The Morgan fingerprint density at radius 2 is 0.978 bits per heavy atom. The monoisotopic (exact) mass is 1280 g/mol. The van der Waals surface area contributed by atoms with Crippen molar-refractivity contribution in [1.29, 1.82) is 0 Å². The highest BCUT2D eigenvalue weighted by Crippen LogP contribution is 2.39. The lowest BCUT2D eigenvalue weighted by Crippen LogP contribution is -2.70. The van der Waals surface area contributed by atoms with Crippen LogP contribution in [0, 0.1) is 0 Å². The first kappa shape index (κ1) is 81.0. The van der Waals surface area contributed by atoms with E-state index in [0.29, 0.717) is 19.3 Å². The fourth-order valence-electron chi connectivity index (χ4n) is 12.5. The molecule has 0 saturated carbocycles. The molecule has 3 fully saturated rings. The van der Waals surface area contributed by atoms with Gasteiger partial charge in [-0.1, -0.05) is 232 Å². The smallest absolute Gasteiger partial charge is 0.364 e. The number of amides is 2. The number of carboxylic acids is 1. The minimum atomic E-state index is -3.08. The van der Waals surface area contributed by atoms with E-state index in [2.05, 4.69) is 24.5 Å². The molecule has 3 rings (SSSR count). The number of aliphatic hydroxyl groups is 11. The lowest BCUT2D eigenvalue weighted by Gasteiger charge is -2.50. The normalized spacial score (nSPS) is 28.7. The number of carboxylic acid groups (broad SMARTS) is 1. The van der Waals surface area contributed by atoms with Crippen molar-refractivity contribution >= 4 is 17.8 Å². The molecule has 0 aliphatic carbocycles. The molecule has 3 aliphatic rings. The SMILES string of the molecule is CCCCCCCCCCCCCCCCCCCCCCCCCCCC(=O)NC(COC1OC(CO)C(OC2OC(CO)C(O)C(OC3(C(=O)O)CC(O)C(NC(C)=O)C(C(O)C(O)CO)O3)C2O)C(O)C1O)C(O)CCCCCCCCCCCC. The first-order valence-corrected chi connectivity index (χ1v) is 34.9. The minimum absolute atomic E-state index is 0.229. The fraction of sp³-hybridized carbons (Fsp3) is 0.955. The van der Waals surface area contributed by atoms with E-state index in [1.807, 2.05) is 0 Å². The Morgan fingerprint density at radius 1 is 0.539 bits per heavy atom. The molecule has 23 heteroatoms. The molecule has 89 heavy (non-hydrogen) atoms. The molecule has 2 amide bonds. The van der Waals surface area contributed by atoms with E-state index in [9.17, 15) is 75.7 Å². The van der Waals surface area contributed by atoms with Crippen LogP contribution in [0.3, 0.4) is 0 Å². The quantitative estimate of drug-likeness (QED) is 0.0305. The van der Waals surface area contributed by atoms with Gasteiger partial charge in [0.05, 0.1) is 50.7 Å². The lowest BCUT2D eigenvalue weighted by molar-refractivity contribution is -0.386. The van der Waals surface area contributed by atoms with E-state index >= 15 is 0 Å². The van der Waals surface area contributed by atoms with E-state index < -0.39 is 148 Å². The van der Waals surface area contributed by atoms with Crippen LogP contribution in [0.5, 0.6) is 0 Å². The molecule has 0 aromatic heterocycles. The molecular formula is C66H124N2O21. The molecule has 18 atom stereocenters. The van der Waals surface area contributed by atoms with Crippen LogP contribution in [-0.2, 0) is 42.8 Å². The molecular weight excluding hydrogens is 1160 g/mol. The van der Waals surface area contributed by atoms with Crippen LogP contribution in [0.15, 0.2) is 0 Å². The number of aliphatic carboxylic acids is 1. The number of ether oxygens (including phenoxy) is 6. The largest absolute Gasteiger partial charge is 0.477 e. The van der Waals surface area contributed by atoms with Crippen molar-refractivity contribution < 1.29 is 104 Å². The molecule has 14 N–H and O–H groups in total. The number of carbonyl (C=O) groups excluding carboxylic acids is 2. The number of carbonyl (C=O) groups is 3. The topological polar surface area (TPSA) is 373 Å². The molecule has 524 valence electrons. The molecule has 3 heterocycles. The minimum Gasteiger partial charge on any atom is -0.477 e. The zero-order valence-corrected chi connectivity index (χ0v) is 54.6. The van der Waals surface area contributed by atoms with Crippen LogP contribution in [0.1, 0.15) is 265 Å². The maximum Gasteiger partial charge on any atom is 0.364 e. The van der Waals surface area contributed by atoms with Gasteiger partial charge in [-0.15, -0.1) is 0 Å². The summed E-state index contributed by atoms with van der Waals surface area (Å²) in [7, 11) is 0. The van der Waals surface area contributed by atoms with Crippen LogP contribution >= 0.6 is 0 Å². The second kappa shape index (κ2) is 47.6. The summed E-state index contributed by atoms with van der Waals surface area (Å²) in [5, 5.41) is 136. The molecule has 3 saturated heterocycles. The van der Waals surface area contributed by atoms with Crippen molar-refractivity contribution in [2.75, 3.05) is 26.4 Å². The molecule has 0 aromatic carbocycles. The number of unbranched alkanes of at least 4 members (excludes halogenated alkanes) is 33. The maximum absolute atomic E-state index is 13.4. The van der Waals surface area contributed by atoms with E-state index in [4.69, 9.17) is 28.4 Å². The van der Waals surface area contributed by atoms with E-state index in [0.717, 1.165) is 51.9 Å². The van der Waals surface area contributed by atoms with E-state index in [1.165, 1.54) is 167 Å². The van der Waals surface area contributed by atoms with Gasteiger partial charge in [0.15, 0.2) is 12.6 Å². The summed E-state index contributed by atoms with van der Waals surface area (Å²) < 4.78 is 34.8. The van der Waals surface area contributed by atoms with Crippen molar-refractivity contribution in [2.45, 2.75) is 375 Å². The molecule has 0 radical (unpaired) electrons. The Kier molecular flexibility index (Phi) is 43.3. The van der Waals surface area contributed by atoms with Crippen LogP contribution in [0.4, 0.5) is 0 Å². The predicted molar refractivity (Wildman–Crippen MR) is 334 cm³/mol. The maximum atomic E-state index is 13.4. The van der Waals surface area contributed by atoms with E-state index in [-0.39, 0.29) is 18.9 Å². The summed E-state index contributed by atoms with van der Waals surface area (Å²) in [5.41, 5.74) is 0. The zero-order valence-electron chi connectivity index (χ0n) is 54.6. The van der Waals surface area contributed by atoms with Gasteiger partial charge >= 0.3 is 5.97 Å². The number of aliphatic hydroxyl groups excluding tert-OH is 11. The van der Waals surface area contributed by atoms with Crippen LogP contribution in [-0.4, -0.2) is 215 Å². The Hall–Kier alpha value is -2.27. The first-order valence-electron chi connectivity index (χ1n) is 34.9. The number of hydrogen-bond acceptors (Lipinski definition) is 20. The van der Waals surface area contributed by atoms with Gasteiger partial charge in [0.1, 0.15) is 67.1 Å². The molecule has 18 unspecified atom stereocenters. The standard InChI is InChI=1S/C66H124N2O21/c1-4-6-8-10-12-14-16-17-18-19-20-21-22-23-24-25-26-27-28-29-30-32-34-36-38-40-53(76)68-47(48(73)39-37-35-33-31-15-13-11-9-7-5-2)45-84-63-58(80)57(79)60(52(44-71)86-63)87-64-59(81)62(56(78)51(43-70)85-64)89-66(65(82)83)41-49(74)54(67-46(3)72)61(88-66)55(77)50(75)42-69/h47-52,54-64,69-71,73-75,77-81H,4-45H2,1-3H3,(H,67,72)(H,68,76)(H,82,83). The lowest BCUT2D eigenvalue weighted by atomic mass is 9.88.